The first-order chi connectivity index (χ1) is 4.52. The second kappa shape index (κ2) is 1.97. The Hall–Kier alpha value is -1.06. The van der Waals surface area contributed by atoms with Crippen molar-refractivity contribution in [3.05, 3.63) is 0 Å². The first-order valence-corrected chi connectivity index (χ1v) is 3.02. The van der Waals surface area contributed by atoms with Crippen LogP contribution in [0.3, 0.4) is 0 Å². The molecule has 0 saturated carbocycles. The Bertz CT molecular complexity index is 185. The number of esters is 1. The van der Waals surface area contributed by atoms with Gasteiger partial charge in [-0.05, 0) is 13.8 Å². The summed E-state index contributed by atoms with van der Waals surface area (Å²) in [7, 11) is 0. The number of carbonyl (C=O) groups is 2. The van der Waals surface area contributed by atoms with Crippen molar-refractivity contribution < 1.29 is 14.3 Å². The Morgan fingerprint density at radius 3 is 2.50 bits per heavy atom. The van der Waals surface area contributed by atoms with Crippen LogP contribution < -0.4 is 5.32 Å². The third kappa shape index (κ3) is 1.10. The molecule has 0 aromatic rings. The Balaban J connectivity index is 2.73. The summed E-state index contributed by atoms with van der Waals surface area (Å²) in [5.74, 6) is -0.628. The van der Waals surface area contributed by atoms with Gasteiger partial charge >= 0.3 is 5.97 Å². The van der Waals surface area contributed by atoms with Gasteiger partial charge in [-0.3, -0.25) is 9.59 Å². The van der Waals surface area contributed by atoms with Crippen LogP contribution in [0, 0.1) is 0 Å². The fraction of sp³-hybridized carbons (Fsp3) is 0.667. The lowest BCUT2D eigenvalue weighted by Crippen LogP contribution is -2.53. The molecule has 56 valence electrons. The molecule has 1 aliphatic heterocycles. The van der Waals surface area contributed by atoms with Gasteiger partial charge in [0.1, 0.15) is 6.54 Å². The van der Waals surface area contributed by atoms with Crippen molar-refractivity contribution in [3.63, 3.8) is 0 Å². The van der Waals surface area contributed by atoms with Crippen LogP contribution in [0.5, 0.6) is 0 Å². The molecule has 4 nitrogen and oxygen atoms in total. The summed E-state index contributed by atoms with van der Waals surface area (Å²) in [4.78, 5) is 21.5. The number of carbonyl (C=O) groups excluding carboxylic acids is 2. The molecule has 1 saturated heterocycles. The molecular formula is C6H9NO3. The van der Waals surface area contributed by atoms with Gasteiger partial charge in [-0.2, -0.15) is 0 Å². The summed E-state index contributed by atoms with van der Waals surface area (Å²) in [5, 5.41) is 2.41. The van der Waals surface area contributed by atoms with E-state index in [1.54, 1.807) is 13.8 Å². The van der Waals surface area contributed by atoms with E-state index >= 15 is 0 Å². The monoisotopic (exact) mass is 143 g/mol. The highest BCUT2D eigenvalue weighted by Crippen LogP contribution is 2.12. The van der Waals surface area contributed by atoms with Crippen LogP contribution in [0.4, 0.5) is 0 Å². The van der Waals surface area contributed by atoms with Gasteiger partial charge in [0.25, 0.3) is 5.91 Å². The third-order valence-corrected chi connectivity index (χ3v) is 1.31. The van der Waals surface area contributed by atoms with Crippen molar-refractivity contribution in [1.82, 2.24) is 5.32 Å². The van der Waals surface area contributed by atoms with Crippen molar-refractivity contribution in [2.75, 3.05) is 6.54 Å². The number of amides is 1. The highest BCUT2D eigenvalue weighted by molar-refractivity contribution is 5.92. The van der Waals surface area contributed by atoms with E-state index in [0.29, 0.717) is 0 Å². The van der Waals surface area contributed by atoms with E-state index in [1.807, 2.05) is 0 Å². The smallest absolute Gasteiger partial charge is 0.326 e. The van der Waals surface area contributed by atoms with Crippen molar-refractivity contribution in [2.45, 2.75) is 19.4 Å². The van der Waals surface area contributed by atoms with Gasteiger partial charge < -0.3 is 10.1 Å². The average molecular weight is 143 g/mol. The van der Waals surface area contributed by atoms with Crippen LogP contribution in [-0.2, 0) is 14.3 Å². The van der Waals surface area contributed by atoms with E-state index in [9.17, 15) is 9.59 Å². The zero-order chi connectivity index (χ0) is 7.78. The van der Waals surface area contributed by atoms with E-state index in [-0.39, 0.29) is 18.4 Å². The van der Waals surface area contributed by atoms with Crippen LogP contribution in [0.2, 0.25) is 0 Å². The molecule has 0 radical (unpaired) electrons. The predicted molar refractivity (Wildman–Crippen MR) is 33.2 cm³/mol. The zero-order valence-corrected chi connectivity index (χ0v) is 5.93. The Labute approximate surface area is 58.5 Å². The fourth-order valence-electron chi connectivity index (χ4n) is 0.732. The molecule has 0 unspecified atom stereocenters. The number of cyclic esters (lactones) is 1. The molecular weight excluding hydrogens is 134 g/mol. The number of hydrogen-bond donors (Lipinski definition) is 1. The van der Waals surface area contributed by atoms with Crippen LogP contribution in [-0.4, -0.2) is 24.0 Å². The zero-order valence-electron chi connectivity index (χ0n) is 5.93. The molecule has 1 amide bonds. The van der Waals surface area contributed by atoms with Gasteiger partial charge in [0.2, 0.25) is 0 Å². The normalized spacial score (nSPS) is 23.4. The van der Waals surface area contributed by atoms with E-state index < -0.39 is 5.60 Å². The third-order valence-electron chi connectivity index (χ3n) is 1.31. The number of rotatable bonds is 0. The summed E-state index contributed by atoms with van der Waals surface area (Å²) in [6, 6.07) is 0. The SMILES string of the molecule is CC1(C)OC(=O)CNC1=O. The van der Waals surface area contributed by atoms with Crippen LogP contribution in [0.15, 0.2) is 0 Å². The van der Waals surface area contributed by atoms with E-state index in [2.05, 4.69) is 5.32 Å². The molecule has 0 atom stereocenters. The summed E-state index contributed by atoms with van der Waals surface area (Å²) >= 11 is 0. The molecule has 0 spiro atoms. The molecule has 0 aromatic carbocycles. The standard InChI is InChI=1S/C6H9NO3/c1-6(2)5(9)7-3-4(8)10-6/h3H2,1-2H3,(H,7,9). The second-order valence-electron chi connectivity index (χ2n) is 2.67. The average Bonchev–Trinajstić information content (AvgIpc) is 1.78. The lowest BCUT2D eigenvalue weighted by atomic mass is 10.1. The summed E-state index contributed by atoms with van der Waals surface area (Å²) < 4.78 is 4.73. The van der Waals surface area contributed by atoms with Gasteiger partial charge in [-0.1, -0.05) is 0 Å². The molecule has 4 heteroatoms. The minimum atomic E-state index is -0.991. The summed E-state index contributed by atoms with van der Waals surface area (Å²) in [6.45, 7) is 3.10. The van der Waals surface area contributed by atoms with Crippen molar-refractivity contribution >= 4 is 11.9 Å². The number of ether oxygens (including phenoxy) is 1. The van der Waals surface area contributed by atoms with Crippen molar-refractivity contribution in [1.29, 1.82) is 0 Å². The second-order valence-corrected chi connectivity index (χ2v) is 2.67. The minimum absolute atomic E-state index is 0.0116. The van der Waals surface area contributed by atoms with Crippen LogP contribution >= 0.6 is 0 Å². The van der Waals surface area contributed by atoms with Crippen LogP contribution in [0.1, 0.15) is 13.8 Å². The summed E-state index contributed by atoms with van der Waals surface area (Å²) in [6.07, 6.45) is 0. The highest BCUT2D eigenvalue weighted by atomic mass is 16.6. The molecule has 1 fully saturated rings. The lowest BCUT2D eigenvalue weighted by molar-refractivity contribution is -0.170. The van der Waals surface area contributed by atoms with E-state index in [1.165, 1.54) is 0 Å². The number of hydrogen-bond acceptors (Lipinski definition) is 3. The molecule has 1 aliphatic rings. The van der Waals surface area contributed by atoms with Gasteiger partial charge in [0, 0.05) is 0 Å². The molecule has 0 bridgehead atoms. The molecule has 0 aliphatic carbocycles. The van der Waals surface area contributed by atoms with Gasteiger partial charge in [-0.15, -0.1) is 0 Å². The van der Waals surface area contributed by atoms with Crippen LogP contribution in [0.25, 0.3) is 0 Å². The fourth-order valence-corrected chi connectivity index (χ4v) is 0.732. The lowest BCUT2D eigenvalue weighted by Gasteiger charge is -2.28. The first-order valence-electron chi connectivity index (χ1n) is 3.02. The van der Waals surface area contributed by atoms with Gasteiger partial charge in [-0.25, -0.2) is 0 Å². The highest BCUT2D eigenvalue weighted by Gasteiger charge is 2.35. The quantitative estimate of drug-likeness (QED) is 0.462. The summed E-state index contributed by atoms with van der Waals surface area (Å²) in [5.41, 5.74) is -0.991. The van der Waals surface area contributed by atoms with Gasteiger partial charge in [0.05, 0.1) is 0 Å². The topological polar surface area (TPSA) is 55.4 Å². The first kappa shape index (κ1) is 7.05. The Kier molecular flexibility index (Phi) is 1.39. The maximum atomic E-state index is 10.9. The maximum absolute atomic E-state index is 10.9. The maximum Gasteiger partial charge on any atom is 0.326 e. The number of nitrogens with one attached hydrogen (secondary N) is 1. The van der Waals surface area contributed by atoms with E-state index in [0.717, 1.165) is 0 Å². The Morgan fingerprint density at radius 2 is 2.10 bits per heavy atom. The molecule has 1 rings (SSSR count). The van der Waals surface area contributed by atoms with Crippen molar-refractivity contribution in [2.24, 2.45) is 0 Å². The molecule has 10 heavy (non-hydrogen) atoms. The Morgan fingerprint density at radius 1 is 1.50 bits per heavy atom. The molecule has 0 aromatic heterocycles. The number of morpholine rings is 1. The molecule has 1 heterocycles. The molecule has 1 N–H and O–H groups in total. The van der Waals surface area contributed by atoms with Crippen molar-refractivity contribution in [3.8, 4) is 0 Å². The predicted octanol–water partition coefficient (Wildman–Crippen LogP) is -0.562. The largest absolute Gasteiger partial charge is 0.448 e. The minimum Gasteiger partial charge on any atom is -0.448 e. The van der Waals surface area contributed by atoms with Gasteiger partial charge in [0.15, 0.2) is 5.60 Å². The van der Waals surface area contributed by atoms with E-state index in [4.69, 9.17) is 4.74 Å².